The third-order valence-corrected chi connectivity index (χ3v) is 5.12. The minimum atomic E-state index is 0.405. The van der Waals surface area contributed by atoms with Gasteiger partial charge in [0.25, 0.3) is 0 Å². The zero-order valence-corrected chi connectivity index (χ0v) is 13.5. The van der Waals surface area contributed by atoms with Gasteiger partial charge in [-0.15, -0.1) is 0 Å². The van der Waals surface area contributed by atoms with Gasteiger partial charge in [0.15, 0.2) is 0 Å². The first-order valence-electron chi connectivity index (χ1n) is 8.54. The lowest BCUT2D eigenvalue weighted by Gasteiger charge is -2.47. The molecule has 2 nitrogen and oxygen atoms in total. The van der Waals surface area contributed by atoms with Crippen LogP contribution in [0.4, 0.5) is 0 Å². The van der Waals surface area contributed by atoms with Crippen LogP contribution in [0.25, 0.3) is 0 Å². The van der Waals surface area contributed by atoms with Gasteiger partial charge in [0.1, 0.15) is 0 Å². The molecule has 1 aliphatic heterocycles. The van der Waals surface area contributed by atoms with Crippen molar-refractivity contribution in [3.63, 3.8) is 0 Å². The third-order valence-electron chi connectivity index (χ3n) is 5.12. The van der Waals surface area contributed by atoms with Gasteiger partial charge in [-0.3, -0.25) is 4.90 Å². The van der Waals surface area contributed by atoms with Crippen LogP contribution in [0.5, 0.6) is 0 Å². The van der Waals surface area contributed by atoms with Crippen molar-refractivity contribution in [1.82, 2.24) is 10.2 Å². The molecular formula is C17H34N2. The van der Waals surface area contributed by atoms with Crippen LogP contribution >= 0.6 is 0 Å². The highest BCUT2D eigenvalue weighted by molar-refractivity contribution is 5.04. The molecule has 2 unspecified atom stereocenters. The Morgan fingerprint density at radius 2 is 2.05 bits per heavy atom. The Hall–Kier alpha value is -0.0800. The standard InChI is InChI=1S/C17H34N2/c1-5-7-16-12-18-17(4,15-9-10-15)13-19(16)11-6-8-14(2)3/h14-16,18H,5-13H2,1-4H3. The maximum atomic E-state index is 3.88. The average molecular weight is 266 g/mol. The third kappa shape index (κ3) is 4.19. The fourth-order valence-electron chi connectivity index (χ4n) is 3.66. The molecule has 2 atom stereocenters. The second-order valence-electron chi connectivity index (χ2n) is 7.52. The molecule has 1 heterocycles. The molecule has 1 saturated heterocycles. The lowest BCUT2D eigenvalue weighted by Crippen LogP contribution is -2.64. The van der Waals surface area contributed by atoms with Gasteiger partial charge >= 0.3 is 0 Å². The van der Waals surface area contributed by atoms with E-state index in [1.807, 2.05) is 0 Å². The summed E-state index contributed by atoms with van der Waals surface area (Å²) in [6.07, 6.45) is 8.31. The monoisotopic (exact) mass is 266 g/mol. The fourth-order valence-corrected chi connectivity index (χ4v) is 3.66. The first-order chi connectivity index (χ1) is 9.05. The number of hydrogen-bond donors (Lipinski definition) is 1. The zero-order chi connectivity index (χ0) is 13.9. The van der Waals surface area contributed by atoms with Gasteiger partial charge in [-0.05, 0) is 57.4 Å². The van der Waals surface area contributed by atoms with Crippen molar-refractivity contribution >= 4 is 0 Å². The minimum Gasteiger partial charge on any atom is -0.308 e. The topological polar surface area (TPSA) is 15.3 Å². The van der Waals surface area contributed by atoms with Gasteiger partial charge in [0.05, 0.1) is 0 Å². The summed E-state index contributed by atoms with van der Waals surface area (Å²) in [4.78, 5) is 2.81. The van der Waals surface area contributed by atoms with Crippen LogP contribution < -0.4 is 5.32 Å². The van der Waals surface area contributed by atoms with Crippen molar-refractivity contribution < 1.29 is 0 Å². The first-order valence-corrected chi connectivity index (χ1v) is 8.54. The van der Waals surface area contributed by atoms with E-state index in [0.29, 0.717) is 5.54 Å². The molecule has 2 fully saturated rings. The molecule has 1 saturated carbocycles. The molecule has 0 bridgehead atoms. The highest BCUT2D eigenvalue weighted by Gasteiger charge is 2.45. The molecular weight excluding hydrogens is 232 g/mol. The van der Waals surface area contributed by atoms with Gasteiger partial charge in [-0.25, -0.2) is 0 Å². The fraction of sp³-hybridized carbons (Fsp3) is 1.00. The molecule has 0 amide bonds. The Kier molecular flexibility index (Phi) is 5.30. The van der Waals surface area contributed by atoms with Crippen molar-refractivity contribution in [2.75, 3.05) is 19.6 Å². The molecule has 1 N–H and O–H groups in total. The second-order valence-corrected chi connectivity index (χ2v) is 7.52. The predicted molar refractivity (Wildman–Crippen MR) is 83.5 cm³/mol. The van der Waals surface area contributed by atoms with Crippen molar-refractivity contribution in [2.45, 2.75) is 77.8 Å². The highest BCUT2D eigenvalue weighted by Crippen LogP contribution is 2.41. The van der Waals surface area contributed by atoms with Crippen molar-refractivity contribution in [3.8, 4) is 0 Å². The minimum absolute atomic E-state index is 0.405. The first kappa shape index (κ1) is 15.3. The predicted octanol–water partition coefficient (Wildman–Crippen LogP) is 3.67. The number of nitrogens with one attached hydrogen (secondary N) is 1. The molecule has 2 heteroatoms. The molecule has 0 radical (unpaired) electrons. The maximum Gasteiger partial charge on any atom is 0.0309 e. The molecule has 1 aliphatic carbocycles. The Bertz CT molecular complexity index is 272. The summed E-state index contributed by atoms with van der Waals surface area (Å²) in [6.45, 7) is 13.3. The van der Waals surface area contributed by atoms with E-state index in [9.17, 15) is 0 Å². The number of nitrogens with zero attached hydrogens (tertiary/aromatic N) is 1. The quantitative estimate of drug-likeness (QED) is 0.756. The lowest BCUT2D eigenvalue weighted by atomic mass is 9.89. The second kappa shape index (κ2) is 6.58. The Morgan fingerprint density at radius 1 is 1.32 bits per heavy atom. The van der Waals surface area contributed by atoms with E-state index >= 15 is 0 Å². The molecule has 0 spiro atoms. The Balaban J connectivity index is 1.88. The van der Waals surface area contributed by atoms with Crippen LogP contribution in [0.15, 0.2) is 0 Å². The van der Waals surface area contributed by atoms with Gasteiger partial charge in [0.2, 0.25) is 0 Å². The van der Waals surface area contributed by atoms with E-state index < -0.39 is 0 Å². The summed E-state index contributed by atoms with van der Waals surface area (Å²) in [6, 6.07) is 0.781. The lowest BCUT2D eigenvalue weighted by molar-refractivity contribution is 0.0680. The molecule has 0 aromatic carbocycles. The summed E-state index contributed by atoms with van der Waals surface area (Å²) in [7, 11) is 0. The summed E-state index contributed by atoms with van der Waals surface area (Å²) >= 11 is 0. The average Bonchev–Trinajstić information content (AvgIpc) is 3.17. The van der Waals surface area contributed by atoms with E-state index in [4.69, 9.17) is 0 Å². The van der Waals surface area contributed by atoms with E-state index in [0.717, 1.165) is 17.9 Å². The van der Waals surface area contributed by atoms with Gasteiger partial charge in [-0.1, -0.05) is 27.2 Å². The molecule has 2 aliphatic rings. The summed E-state index contributed by atoms with van der Waals surface area (Å²) in [5.74, 6) is 1.80. The SMILES string of the molecule is CCCC1CNC(C)(C2CC2)CN1CCCC(C)C. The van der Waals surface area contributed by atoms with Crippen LogP contribution in [0, 0.1) is 11.8 Å². The molecule has 0 aromatic heterocycles. The van der Waals surface area contributed by atoms with Crippen LogP contribution in [-0.2, 0) is 0 Å². The maximum absolute atomic E-state index is 3.88. The van der Waals surface area contributed by atoms with Crippen LogP contribution in [0.2, 0.25) is 0 Å². The number of rotatable bonds is 7. The summed E-state index contributed by atoms with van der Waals surface area (Å²) < 4.78 is 0. The molecule has 19 heavy (non-hydrogen) atoms. The largest absolute Gasteiger partial charge is 0.308 e. The van der Waals surface area contributed by atoms with E-state index in [-0.39, 0.29) is 0 Å². The normalized spacial score (nSPS) is 33.0. The van der Waals surface area contributed by atoms with E-state index in [2.05, 4.69) is 37.9 Å². The summed E-state index contributed by atoms with van der Waals surface area (Å²) in [5.41, 5.74) is 0.405. The zero-order valence-electron chi connectivity index (χ0n) is 13.5. The smallest absolute Gasteiger partial charge is 0.0309 e. The Labute approximate surface area is 120 Å². The van der Waals surface area contributed by atoms with Crippen LogP contribution in [-0.4, -0.2) is 36.1 Å². The van der Waals surface area contributed by atoms with Gasteiger partial charge < -0.3 is 5.32 Å². The summed E-state index contributed by atoms with van der Waals surface area (Å²) in [5, 5.41) is 3.88. The van der Waals surface area contributed by atoms with E-state index in [1.54, 1.807) is 0 Å². The van der Waals surface area contributed by atoms with E-state index in [1.165, 1.54) is 58.2 Å². The molecule has 112 valence electrons. The van der Waals surface area contributed by atoms with Crippen molar-refractivity contribution in [2.24, 2.45) is 11.8 Å². The van der Waals surface area contributed by atoms with Gasteiger partial charge in [-0.2, -0.15) is 0 Å². The van der Waals surface area contributed by atoms with Gasteiger partial charge in [0, 0.05) is 24.7 Å². The van der Waals surface area contributed by atoms with Crippen LogP contribution in [0.3, 0.4) is 0 Å². The van der Waals surface area contributed by atoms with Crippen molar-refractivity contribution in [3.05, 3.63) is 0 Å². The number of piperazine rings is 1. The Morgan fingerprint density at radius 3 is 2.63 bits per heavy atom. The molecule has 2 rings (SSSR count). The van der Waals surface area contributed by atoms with Crippen molar-refractivity contribution in [1.29, 1.82) is 0 Å². The highest BCUT2D eigenvalue weighted by atomic mass is 15.3. The van der Waals surface area contributed by atoms with Crippen LogP contribution in [0.1, 0.15) is 66.2 Å². The number of hydrogen-bond acceptors (Lipinski definition) is 2. The molecule has 0 aromatic rings.